The number of aliphatic hydroxyl groups excluding tert-OH is 1. The molecule has 0 bridgehead atoms. The van der Waals surface area contributed by atoms with Crippen molar-refractivity contribution in [1.29, 1.82) is 0 Å². The molecule has 3 nitrogen and oxygen atoms in total. The number of aryl methyl sites for hydroxylation is 2. The van der Waals surface area contributed by atoms with Crippen molar-refractivity contribution in [1.82, 2.24) is 9.78 Å². The number of aliphatic hydroxyl groups is 1. The summed E-state index contributed by atoms with van der Waals surface area (Å²) >= 11 is 3.66. The molecule has 1 aromatic rings. The van der Waals surface area contributed by atoms with E-state index in [-0.39, 0.29) is 6.10 Å². The van der Waals surface area contributed by atoms with Crippen molar-refractivity contribution in [3.05, 3.63) is 15.9 Å². The minimum Gasteiger partial charge on any atom is -0.392 e. The topological polar surface area (TPSA) is 38.0 Å². The summed E-state index contributed by atoms with van der Waals surface area (Å²) in [5.74, 6) is 1.11. The van der Waals surface area contributed by atoms with E-state index in [1.165, 1.54) is 19.3 Å². The number of aromatic nitrogens is 2. The summed E-state index contributed by atoms with van der Waals surface area (Å²) < 4.78 is 3.13. The Bertz CT molecular complexity index is 430. The van der Waals surface area contributed by atoms with Gasteiger partial charge in [-0.1, -0.05) is 26.7 Å². The van der Waals surface area contributed by atoms with Gasteiger partial charge < -0.3 is 5.11 Å². The number of halogens is 1. The monoisotopic (exact) mass is 328 g/mol. The summed E-state index contributed by atoms with van der Waals surface area (Å²) in [4.78, 5) is 0. The quantitative estimate of drug-likeness (QED) is 0.897. The second kappa shape index (κ2) is 6.40. The van der Waals surface area contributed by atoms with Crippen LogP contribution in [0.4, 0.5) is 0 Å². The molecule has 1 fully saturated rings. The van der Waals surface area contributed by atoms with Crippen molar-refractivity contribution in [2.24, 2.45) is 11.8 Å². The van der Waals surface area contributed by atoms with Crippen LogP contribution < -0.4 is 0 Å². The zero-order valence-electron chi connectivity index (χ0n) is 12.2. The zero-order valence-corrected chi connectivity index (χ0v) is 13.8. The highest BCUT2D eigenvalue weighted by Crippen LogP contribution is 2.35. The van der Waals surface area contributed by atoms with Crippen molar-refractivity contribution in [3.8, 4) is 0 Å². The minimum absolute atomic E-state index is 0.236. The van der Waals surface area contributed by atoms with Crippen molar-refractivity contribution >= 4 is 15.9 Å². The largest absolute Gasteiger partial charge is 0.392 e. The van der Waals surface area contributed by atoms with Crippen LogP contribution in [0.25, 0.3) is 0 Å². The molecule has 1 aliphatic rings. The van der Waals surface area contributed by atoms with E-state index in [4.69, 9.17) is 0 Å². The van der Waals surface area contributed by atoms with E-state index in [9.17, 15) is 5.11 Å². The highest BCUT2D eigenvalue weighted by molar-refractivity contribution is 9.10. The summed E-state index contributed by atoms with van der Waals surface area (Å²) in [7, 11) is 0. The lowest BCUT2D eigenvalue weighted by Crippen LogP contribution is -2.26. The van der Waals surface area contributed by atoms with Gasteiger partial charge in [0.2, 0.25) is 0 Å². The molecule has 3 atom stereocenters. The molecular weight excluding hydrogens is 304 g/mol. The van der Waals surface area contributed by atoms with E-state index >= 15 is 0 Å². The molecule has 1 aromatic heterocycles. The lowest BCUT2D eigenvalue weighted by molar-refractivity contribution is 0.0881. The third kappa shape index (κ3) is 3.05. The lowest BCUT2D eigenvalue weighted by atomic mass is 9.89. The van der Waals surface area contributed by atoms with Crippen molar-refractivity contribution in [2.75, 3.05) is 0 Å². The Morgan fingerprint density at radius 3 is 2.68 bits per heavy atom. The average Bonchev–Trinajstić information content (AvgIpc) is 2.95. The Morgan fingerprint density at radius 1 is 1.42 bits per heavy atom. The normalized spacial score (nSPS) is 24.9. The second-order valence-corrected chi connectivity index (χ2v) is 6.51. The Labute approximate surface area is 124 Å². The Kier molecular flexibility index (Phi) is 5.07. The highest BCUT2D eigenvalue weighted by Gasteiger charge is 2.31. The number of nitrogens with zero attached hydrogens (tertiary/aromatic N) is 2. The van der Waals surface area contributed by atoms with Gasteiger partial charge in [-0.15, -0.1) is 0 Å². The first-order valence-corrected chi connectivity index (χ1v) is 8.29. The van der Waals surface area contributed by atoms with Crippen LogP contribution in [0.3, 0.4) is 0 Å². The lowest BCUT2D eigenvalue weighted by Gasteiger charge is -2.22. The predicted octanol–water partition coefficient (Wildman–Crippen LogP) is 3.57. The highest BCUT2D eigenvalue weighted by atomic mass is 79.9. The molecule has 19 heavy (non-hydrogen) atoms. The van der Waals surface area contributed by atoms with Crippen LogP contribution in [-0.4, -0.2) is 21.0 Å². The maximum Gasteiger partial charge on any atom is 0.0766 e. The number of rotatable bonds is 5. The van der Waals surface area contributed by atoms with Gasteiger partial charge in [-0.05, 0) is 47.5 Å². The minimum atomic E-state index is -0.236. The molecule has 1 saturated carbocycles. The van der Waals surface area contributed by atoms with Gasteiger partial charge in [-0.2, -0.15) is 5.10 Å². The Hall–Kier alpha value is -0.350. The molecule has 1 heterocycles. The summed E-state index contributed by atoms with van der Waals surface area (Å²) in [6.07, 6.45) is 5.10. The molecule has 1 N–H and O–H groups in total. The molecule has 0 amide bonds. The first-order valence-electron chi connectivity index (χ1n) is 7.50. The van der Waals surface area contributed by atoms with Crippen LogP contribution in [0.15, 0.2) is 4.47 Å². The molecule has 0 aliphatic heterocycles. The van der Waals surface area contributed by atoms with E-state index in [0.29, 0.717) is 11.8 Å². The summed E-state index contributed by atoms with van der Waals surface area (Å²) in [6.45, 7) is 7.35. The van der Waals surface area contributed by atoms with E-state index in [1.807, 2.05) is 4.68 Å². The zero-order chi connectivity index (χ0) is 14.0. The van der Waals surface area contributed by atoms with E-state index in [1.54, 1.807) is 0 Å². The van der Waals surface area contributed by atoms with Gasteiger partial charge in [0.1, 0.15) is 0 Å². The smallest absolute Gasteiger partial charge is 0.0766 e. The Balaban J connectivity index is 2.15. The SMILES string of the molecule is CCc1nn(CC)c(CC(O)C2CCCC2C)c1Br. The van der Waals surface area contributed by atoms with Crippen molar-refractivity contribution in [2.45, 2.75) is 65.5 Å². The fraction of sp³-hybridized carbons (Fsp3) is 0.800. The fourth-order valence-corrected chi connectivity index (χ4v) is 4.03. The van der Waals surface area contributed by atoms with Crippen molar-refractivity contribution in [3.63, 3.8) is 0 Å². The average molecular weight is 329 g/mol. The maximum atomic E-state index is 10.5. The van der Waals surface area contributed by atoms with Crippen LogP contribution in [0.2, 0.25) is 0 Å². The van der Waals surface area contributed by atoms with Crippen LogP contribution in [0.1, 0.15) is 51.4 Å². The van der Waals surface area contributed by atoms with Crippen LogP contribution in [-0.2, 0) is 19.4 Å². The molecule has 3 unspecified atom stereocenters. The van der Waals surface area contributed by atoms with Crippen LogP contribution in [0, 0.1) is 11.8 Å². The third-order valence-electron chi connectivity index (χ3n) is 4.52. The van der Waals surface area contributed by atoms with Gasteiger partial charge in [-0.25, -0.2) is 0 Å². The summed E-state index contributed by atoms with van der Waals surface area (Å²) in [5.41, 5.74) is 2.26. The van der Waals surface area contributed by atoms with Crippen molar-refractivity contribution < 1.29 is 5.11 Å². The van der Waals surface area contributed by atoms with Crippen LogP contribution >= 0.6 is 15.9 Å². The number of hydrogen-bond donors (Lipinski definition) is 1. The standard InChI is InChI=1S/C15H25BrN2O/c1-4-12-15(16)13(18(5-2)17-12)9-14(19)11-8-6-7-10(11)3/h10-11,14,19H,4-9H2,1-3H3. The van der Waals surface area contributed by atoms with Gasteiger partial charge in [0.05, 0.1) is 22.0 Å². The van der Waals surface area contributed by atoms with Gasteiger partial charge >= 0.3 is 0 Å². The molecule has 4 heteroatoms. The molecule has 0 radical (unpaired) electrons. The second-order valence-electron chi connectivity index (χ2n) is 5.72. The molecule has 0 spiro atoms. The van der Waals surface area contributed by atoms with E-state index in [2.05, 4.69) is 41.8 Å². The molecule has 1 aliphatic carbocycles. The van der Waals surface area contributed by atoms with Gasteiger partial charge in [0, 0.05) is 13.0 Å². The maximum absolute atomic E-state index is 10.5. The van der Waals surface area contributed by atoms with Gasteiger partial charge in [0.15, 0.2) is 0 Å². The first kappa shape index (κ1) is 15.0. The van der Waals surface area contributed by atoms with Gasteiger partial charge in [0.25, 0.3) is 0 Å². The molecule has 0 saturated heterocycles. The summed E-state index contributed by atoms with van der Waals surface area (Å²) in [6, 6.07) is 0. The third-order valence-corrected chi connectivity index (χ3v) is 5.43. The summed E-state index contributed by atoms with van der Waals surface area (Å²) in [5, 5.41) is 15.1. The fourth-order valence-electron chi connectivity index (χ4n) is 3.31. The van der Waals surface area contributed by atoms with E-state index in [0.717, 1.165) is 35.2 Å². The Morgan fingerprint density at radius 2 is 2.16 bits per heavy atom. The van der Waals surface area contributed by atoms with E-state index < -0.39 is 0 Å². The molecular formula is C15H25BrN2O. The predicted molar refractivity (Wildman–Crippen MR) is 81.2 cm³/mol. The van der Waals surface area contributed by atoms with Gasteiger partial charge in [-0.3, -0.25) is 4.68 Å². The number of hydrogen-bond acceptors (Lipinski definition) is 2. The first-order chi connectivity index (χ1) is 9.08. The van der Waals surface area contributed by atoms with Crippen LogP contribution in [0.5, 0.6) is 0 Å². The molecule has 108 valence electrons. The molecule has 2 rings (SSSR count). The molecule has 0 aromatic carbocycles.